The van der Waals surface area contributed by atoms with E-state index in [1.807, 2.05) is 0 Å². The standard InChI is InChI=1S/C16H24N2/c1-2-6-14(7-3-1)15-9-11-18(13-15)16-8-4-5-10-17-12-16/h1-3,6-7,15-17H,4-5,8-13H2. The van der Waals surface area contributed by atoms with E-state index in [2.05, 4.69) is 40.5 Å². The van der Waals surface area contributed by atoms with Gasteiger partial charge in [-0.15, -0.1) is 0 Å². The summed E-state index contributed by atoms with van der Waals surface area (Å²) >= 11 is 0. The predicted octanol–water partition coefficient (Wildman–Crippen LogP) is 2.62. The van der Waals surface area contributed by atoms with E-state index in [-0.39, 0.29) is 0 Å². The fourth-order valence-electron chi connectivity index (χ4n) is 3.43. The Hall–Kier alpha value is -0.860. The Labute approximate surface area is 110 Å². The van der Waals surface area contributed by atoms with Crippen LogP contribution in [-0.2, 0) is 0 Å². The third kappa shape index (κ3) is 2.76. The summed E-state index contributed by atoms with van der Waals surface area (Å²) in [4.78, 5) is 2.72. The van der Waals surface area contributed by atoms with Crippen LogP contribution in [0.25, 0.3) is 0 Å². The van der Waals surface area contributed by atoms with Crippen molar-refractivity contribution in [1.82, 2.24) is 10.2 Å². The summed E-state index contributed by atoms with van der Waals surface area (Å²) < 4.78 is 0. The number of hydrogen-bond acceptors (Lipinski definition) is 2. The molecule has 2 heteroatoms. The highest BCUT2D eigenvalue weighted by Crippen LogP contribution is 2.29. The maximum Gasteiger partial charge on any atom is 0.0220 e. The van der Waals surface area contributed by atoms with Gasteiger partial charge in [-0.3, -0.25) is 4.90 Å². The monoisotopic (exact) mass is 244 g/mol. The molecule has 1 aromatic carbocycles. The molecule has 1 N–H and O–H groups in total. The molecule has 0 saturated carbocycles. The fourth-order valence-corrected chi connectivity index (χ4v) is 3.43. The highest BCUT2D eigenvalue weighted by molar-refractivity contribution is 5.21. The Morgan fingerprint density at radius 2 is 1.94 bits per heavy atom. The first-order chi connectivity index (χ1) is 8.93. The summed E-state index contributed by atoms with van der Waals surface area (Å²) in [5.74, 6) is 0.759. The normalized spacial score (nSPS) is 30.2. The molecule has 0 aliphatic carbocycles. The summed E-state index contributed by atoms with van der Waals surface area (Å²) in [7, 11) is 0. The summed E-state index contributed by atoms with van der Waals surface area (Å²) in [5, 5.41) is 3.59. The van der Waals surface area contributed by atoms with Gasteiger partial charge in [-0.1, -0.05) is 36.8 Å². The van der Waals surface area contributed by atoms with Crippen LogP contribution in [0.3, 0.4) is 0 Å². The zero-order valence-electron chi connectivity index (χ0n) is 11.1. The van der Waals surface area contributed by atoms with E-state index < -0.39 is 0 Å². The second-order valence-corrected chi connectivity index (χ2v) is 5.74. The molecule has 2 aliphatic rings. The molecular formula is C16H24N2. The Bertz CT molecular complexity index is 355. The molecule has 18 heavy (non-hydrogen) atoms. The van der Waals surface area contributed by atoms with Crippen LogP contribution in [0.5, 0.6) is 0 Å². The summed E-state index contributed by atoms with van der Waals surface area (Å²) in [6.07, 6.45) is 5.46. The third-order valence-corrected chi connectivity index (χ3v) is 4.53. The lowest BCUT2D eigenvalue weighted by molar-refractivity contribution is 0.228. The van der Waals surface area contributed by atoms with Gasteiger partial charge in [-0.05, 0) is 43.8 Å². The molecule has 98 valence electrons. The maximum absolute atomic E-state index is 3.59. The number of hydrogen-bond donors (Lipinski definition) is 1. The largest absolute Gasteiger partial charge is 0.315 e. The van der Waals surface area contributed by atoms with Crippen molar-refractivity contribution < 1.29 is 0 Å². The van der Waals surface area contributed by atoms with Gasteiger partial charge < -0.3 is 5.32 Å². The van der Waals surface area contributed by atoms with Gasteiger partial charge in [-0.2, -0.15) is 0 Å². The Balaban J connectivity index is 1.61. The van der Waals surface area contributed by atoms with Crippen LogP contribution >= 0.6 is 0 Å². The van der Waals surface area contributed by atoms with Crippen LogP contribution in [-0.4, -0.2) is 37.1 Å². The van der Waals surface area contributed by atoms with Gasteiger partial charge in [0, 0.05) is 19.1 Å². The summed E-state index contributed by atoms with van der Waals surface area (Å²) in [6, 6.07) is 11.8. The zero-order chi connectivity index (χ0) is 12.2. The highest BCUT2D eigenvalue weighted by atomic mass is 15.2. The van der Waals surface area contributed by atoms with Crippen LogP contribution in [0.4, 0.5) is 0 Å². The topological polar surface area (TPSA) is 15.3 Å². The van der Waals surface area contributed by atoms with E-state index in [1.54, 1.807) is 0 Å². The summed E-state index contributed by atoms with van der Waals surface area (Å²) in [6.45, 7) is 4.95. The molecule has 2 saturated heterocycles. The summed E-state index contributed by atoms with van der Waals surface area (Å²) in [5.41, 5.74) is 1.53. The number of nitrogens with one attached hydrogen (secondary N) is 1. The molecule has 0 amide bonds. The van der Waals surface area contributed by atoms with Crippen molar-refractivity contribution in [2.45, 2.75) is 37.6 Å². The Kier molecular flexibility index (Phi) is 3.96. The fraction of sp³-hybridized carbons (Fsp3) is 0.625. The SMILES string of the molecule is c1ccc(C2CCN(C3CCCCNC3)C2)cc1. The Morgan fingerprint density at radius 3 is 2.83 bits per heavy atom. The lowest BCUT2D eigenvalue weighted by atomic mass is 9.99. The van der Waals surface area contributed by atoms with E-state index in [0.717, 1.165) is 12.0 Å². The number of likely N-dealkylation sites (tertiary alicyclic amines) is 1. The second-order valence-electron chi connectivity index (χ2n) is 5.74. The number of nitrogens with zero attached hydrogens (tertiary/aromatic N) is 1. The third-order valence-electron chi connectivity index (χ3n) is 4.53. The molecule has 0 bridgehead atoms. The molecule has 0 spiro atoms. The minimum atomic E-state index is 0.759. The van der Waals surface area contributed by atoms with E-state index >= 15 is 0 Å². The van der Waals surface area contributed by atoms with Gasteiger partial charge in [-0.25, -0.2) is 0 Å². The highest BCUT2D eigenvalue weighted by Gasteiger charge is 2.29. The lowest BCUT2D eigenvalue weighted by Crippen LogP contribution is -2.39. The first-order valence-electron chi connectivity index (χ1n) is 7.43. The van der Waals surface area contributed by atoms with Crippen molar-refractivity contribution in [2.75, 3.05) is 26.2 Å². The van der Waals surface area contributed by atoms with Crippen LogP contribution in [0, 0.1) is 0 Å². The van der Waals surface area contributed by atoms with Gasteiger partial charge in [0.1, 0.15) is 0 Å². The van der Waals surface area contributed by atoms with Gasteiger partial charge in [0.25, 0.3) is 0 Å². The van der Waals surface area contributed by atoms with Gasteiger partial charge >= 0.3 is 0 Å². The molecule has 2 nitrogen and oxygen atoms in total. The molecule has 0 aromatic heterocycles. The molecule has 2 aliphatic heterocycles. The smallest absolute Gasteiger partial charge is 0.0220 e. The van der Waals surface area contributed by atoms with E-state index in [1.165, 1.54) is 57.4 Å². The molecule has 2 fully saturated rings. The molecule has 1 aromatic rings. The molecule has 2 heterocycles. The van der Waals surface area contributed by atoms with Crippen molar-refractivity contribution in [3.8, 4) is 0 Å². The van der Waals surface area contributed by atoms with Crippen LogP contribution in [0.1, 0.15) is 37.2 Å². The van der Waals surface area contributed by atoms with Gasteiger partial charge in [0.2, 0.25) is 0 Å². The van der Waals surface area contributed by atoms with Crippen molar-refractivity contribution >= 4 is 0 Å². The molecule has 2 unspecified atom stereocenters. The van der Waals surface area contributed by atoms with Crippen LogP contribution < -0.4 is 5.32 Å². The van der Waals surface area contributed by atoms with Crippen molar-refractivity contribution in [2.24, 2.45) is 0 Å². The average molecular weight is 244 g/mol. The maximum atomic E-state index is 3.59. The van der Waals surface area contributed by atoms with Crippen molar-refractivity contribution in [3.63, 3.8) is 0 Å². The average Bonchev–Trinajstić information content (AvgIpc) is 2.76. The first-order valence-corrected chi connectivity index (χ1v) is 7.43. The Morgan fingerprint density at radius 1 is 1.06 bits per heavy atom. The lowest BCUT2D eigenvalue weighted by Gasteiger charge is -2.26. The molecule has 2 atom stereocenters. The minimum Gasteiger partial charge on any atom is -0.315 e. The zero-order valence-corrected chi connectivity index (χ0v) is 11.1. The van der Waals surface area contributed by atoms with E-state index in [4.69, 9.17) is 0 Å². The van der Waals surface area contributed by atoms with Crippen molar-refractivity contribution in [1.29, 1.82) is 0 Å². The van der Waals surface area contributed by atoms with Crippen LogP contribution in [0.2, 0.25) is 0 Å². The van der Waals surface area contributed by atoms with Crippen molar-refractivity contribution in [3.05, 3.63) is 35.9 Å². The molecular weight excluding hydrogens is 220 g/mol. The van der Waals surface area contributed by atoms with E-state index in [0.29, 0.717) is 0 Å². The minimum absolute atomic E-state index is 0.759. The van der Waals surface area contributed by atoms with E-state index in [9.17, 15) is 0 Å². The van der Waals surface area contributed by atoms with Gasteiger partial charge in [0.15, 0.2) is 0 Å². The van der Waals surface area contributed by atoms with Gasteiger partial charge in [0.05, 0.1) is 0 Å². The number of benzene rings is 1. The number of rotatable bonds is 2. The quantitative estimate of drug-likeness (QED) is 0.860. The van der Waals surface area contributed by atoms with Crippen LogP contribution in [0.15, 0.2) is 30.3 Å². The first kappa shape index (κ1) is 12.2. The molecule has 0 radical (unpaired) electrons. The predicted molar refractivity (Wildman–Crippen MR) is 75.9 cm³/mol. The molecule has 3 rings (SSSR count). The second kappa shape index (κ2) is 5.85.